The summed E-state index contributed by atoms with van der Waals surface area (Å²) in [6, 6.07) is 0. The molecule has 0 saturated heterocycles. The average Bonchev–Trinajstić information content (AvgIpc) is 1.41. The zero-order chi connectivity index (χ0) is 4.12. The Morgan fingerprint density at radius 3 is 2.40 bits per heavy atom. The van der Waals surface area contributed by atoms with Gasteiger partial charge >= 0.3 is 41.7 Å². The molecule has 0 heterocycles. The third-order valence-corrected chi connectivity index (χ3v) is 1.77. The fraction of sp³-hybridized carbons (Fsp3) is 0.333. The summed E-state index contributed by atoms with van der Waals surface area (Å²) in [5, 5.41) is 0. The summed E-state index contributed by atoms with van der Waals surface area (Å²) in [7, 11) is 3.19. The normalized spacial score (nSPS) is 10.0. The molecule has 3 radical (unpaired) electrons. The van der Waals surface area contributed by atoms with Crippen molar-refractivity contribution in [1.82, 2.24) is 0 Å². The van der Waals surface area contributed by atoms with Crippen LogP contribution < -0.4 is 0 Å². The van der Waals surface area contributed by atoms with Gasteiger partial charge in [-0.1, -0.05) is 0 Å². The van der Waals surface area contributed by atoms with Crippen molar-refractivity contribution in [2.24, 2.45) is 0 Å². The van der Waals surface area contributed by atoms with Crippen LogP contribution in [0.3, 0.4) is 0 Å². The molecule has 0 aliphatic rings. The van der Waals surface area contributed by atoms with Gasteiger partial charge in [-0.25, -0.2) is 0 Å². The SMILES string of the molecule is C[Se]/C=C/[Si]. The molecular weight excluding hydrogens is 143 g/mol. The molecule has 0 aromatic carbocycles. The molecule has 0 aromatic heterocycles. The van der Waals surface area contributed by atoms with Gasteiger partial charge in [0.1, 0.15) is 0 Å². The van der Waals surface area contributed by atoms with E-state index in [0.29, 0.717) is 15.0 Å². The first kappa shape index (κ1) is 5.48. The van der Waals surface area contributed by atoms with Crippen molar-refractivity contribution in [2.75, 3.05) is 0 Å². The van der Waals surface area contributed by atoms with Crippen molar-refractivity contribution >= 4 is 25.2 Å². The van der Waals surface area contributed by atoms with Gasteiger partial charge in [0.05, 0.1) is 0 Å². The standard InChI is InChI=1S/C3H5SeSi/c1-4-2-3-5/h2-3H,1H3/b3-2+. The summed E-state index contributed by atoms with van der Waals surface area (Å²) in [6.45, 7) is 0. The Labute approximate surface area is 42.2 Å². The quantitative estimate of drug-likeness (QED) is 0.471. The number of rotatable bonds is 1. The molecule has 0 nitrogen and oxygen atoms in total. The van der Waals surface area contributed by atoms with E-state index >= 15 is 0 Å². The molecule has 0 amide bonds. The van der Waals surface area contributed by atoms with Crippen molar-refractivity contribution in [2.45, 2.75) is 5.82 Å². The van der Waals surface area contributed by atoms with E-state index in [1.807, 2.05) is 5.70 Å². The molecule has 0 unspecified atom stereocenters. The van der Waals surface area contributed by atoms with Crippen LogP contribution >= 0.6 is 0 Å². The molecule has 0 N–H and O–H groups in total. The van der Waals surface area contributed by atoms with Crippen molar-refractivity contribution in [3.8, 4) is 0 Å². The number of hydrogen-bond acceptors (Lipinski definition) is 0. The van der Waals surface area contributed by atoms with Crippen LogP contribution in [0.4, 0.5) is 0 Å². The Balaban J connectivity index is 2.62. The van der Waals surface area contributed by atoms with Crippen LogP contribution in [0, 0.1) is 0 Å². The Morgan fingerprint density at radius 2 is 2.40 bits per heavy atom. The van der Waals surface area contributed by atoms with Crippen LogP contribution in [0.2, 0.25) is 5.82 Å². The Hall–Kier alpha value is 0.476. The Morgan fingerprint density at radius 1 is 1.80 bits per heavy atom. The van der Waals surface area contributed by atoms with Gasteiger partial charge in [-0.2, -0.15) is 0 Å². The van der Waals surface area contributed by atoms with Crippen LogP contribution in [-0.4, -0.2) is 25.2 Å². The van der Waals surface area contributed by atoms with Crippen molar-refractivity contribution in [1.29, 1.82) is 0 Å². The van der Waals surface area contributed by atoms with Crippen molar-refractivity contribution in [3.05, 3.63) is 10.7 Å². The van der Waals surface area contributed by atoms with E-state index < -0.39 is 0 Å². The van der Waals surface area contributed by atoms with Crippen LogP contribution in [0.15, 0.2) is 10.7 Å². The van der Waals surface area contributed by atoms with E-state index in [4.69, 9.17) is 0 Å². The second-order valence-corrected chi connectivity index (χ2v) is 2.43. The summed E-state index contributed by atoms with van der Waals surface area (Å²) in [5.74, 6) is 2.16. The van der Waals surface area contributed by atoms with Crippen LogP contribution in [0.25, 0.3) is 0 Å². The summed E-state index contributed by atoms with van der Waals surface area (Å²) in [6.07, 6.45) is 0. The van der Waals surface area contributed by atoms with Gasteiger partial charge < -0.3 is 0 Å². The van der Waals surface area contributed by atoms with Gasteiger partial charge in [0.15, 0.2) is 0 Å². The summed E-state index contributed by atoms with van der Waals surface area (Å²) >= 11 is 0.696. The summed E-state index contributed by atoms with van der Waals surface area (Å²) < 4.78 is 0. The average molecular weight is 148 g/mol. The predicted molar refractivity (Wildman–Crippen MR) is 26.5 cm³/mol. The zero-order valence-electron chi connectivity index (χ0n) is 3.06. The molecule has 0 fully saturated rings. The molecule has 0 atom stereocenters. The monoisotopic (exact) mass is 149 g/mol. The second-order valence-electron chi connectivity index (χ2n) is 0.538. The molecule has 0 saturated carbocycles. The van der Waals surface area contributed by atoms with E-state index in [2.05, 4.69) is 21.0 Å². The Bertz CT molecular complexity index is 33.9. The molecule has 27 valence electrons. The summed E-state index contributed by atoms with van der Waals surface area (Å²) in [5.41, 5.74) is 1.89. The van der Waals surface area contributed by atoms with E-state index in [1.165, 1.54) is 0 Å². The maximum atomic E-state index is 3.19. The van der Waals surface area contributed by atoms with E-state index in [9.17, 15) is 0 Å². The van der Waals surface area contributed by atoms with Gasteiger partial charge in [0, 0.05) is 0 Å². The molecule has 2 heteroatoms. The molecule has 0 spiro atoms. The first-order valence-corrected chi connectivity index (χ1v) is 4.55. The van der Waals surface area contributed by atoms with Crippen molar-refractivity contribution in [3.63, 3.8) is 0 Å². The van der Waals surface area contributed by atoms with Crippen molar-refractivity contribution < 1.29 is 0 Å². The maximum absolute atomic E-state index is 3.19. The molecule has 0 aromatic rings. The van der Waals surface area contributed by atoms with Gasteiger partial charge in [-0.3, -0.25) is 0 Å². The molecule has 0 bridgehead atoms. The van der Waals surface area contributed by atoms with Crippen LogP contribution in [-0.2, 0) is 0 Å². The van der Waals surface area contributed by atoms with Gasteiger partial charge in [0.2, 0.25) is 0 Å². The minimum absolute atomic E-state index is 0.696. The Kier molecular flexibility index (Phi) is 4.90. The summed E-state index contributed by atoms with van der Waals surface area (Å²) in [4.78, 5) is 2.10. The zero-order valence-corrected chi connectivity index (χ0v) is 5.78. The second kappa shape index (κ2) is 4.48. The van der Waals surface area contributed by atoms with Gasteiger partial charge in [-0.15, -0.1) is 0 Å². The van der Waals surface area contributed by atoms with Crippen LogP contribution in [0.5, 0.6) is 0 Å². The number of hydrogen-bond donors (Lipinski definition) is 0. The fourth-order valence-corrected chi connectivity index (χ4v) is 1.06. The topological polar surface area (TPSA) is 0 Å². The fourth-order valence-electron chi connectivity index (χ4n) is 0.0680. The third-order valence-electron chi connectivity index (χ3n) is 0.204. The van der Waals surface area contributed by atoms with Gasteiger partial charge in [-0.05, 0) is 0 Å². The van der Waals surface area contributed by atoms with Gasteiger partial charge in [0.25, 0.3) is 0 Å². The minimum atomic E-state index is 0.696. The van der Waals surface area contributed by atoms with E-state index in [0.717, 1.165) is 0 Å². The first-order valence-electron chi connectivity index (χ1n) is 1.27. The molecule has 0 rings (SSSR count). The van der Waals surface area contributed by atoms with E-state index in [1.54, 1.807) is 0 Å². The molecule has 0 aliphatic carbocycles. The molecule has 0 aliphatic heterocycles. The third kappa shape index (κ3) is 4.48. The first-order chi connectivity index (χ1) is 2.41. The molecular formula is C3H5SeSi. The molecule has 5 heavy (non-hydrogen) atoms. The van der Waals surface area contributed by atoms with Crippen LogP contribution in [0.1, 0.15) is 0 Å². The predicted octanol–water partition coefficient (Wildman–Crippen LogP) is 0.378. The van der Waals surface area contributed by atoms with E-state index in [-0.39, 0.29) is 0 Å².